The van der Waals surface area contributed by atoms with Crippen LogP contribution in [0.5, 0.6) is 0 Å². The molecule has 6 aromatic rings. The monoisotopic (exact) mass is 541 g/mol. The number of amidine groups is 1. The summed E-state index contributed by atoms with van der Waals surface area (Å²) in [7, 11) is 0. The number of rotatable bonds is 6. The maximum absolute atomic E-state index is 5.01. The maximum atomic E-state index is 5.01. The molecular formula is C38H29N4+. The van der Waals surface area contributed by atoms with Crippen LogP contribution in [0.15, 0.2) is 174 Å². The summed E-state index contributed by atoms with van der Waals surface area (Å²) >= 11 is 0. The van der Waals surface area contributed by atoms with E-state index in [4.69, 9.17) is 10.2 Å². The lowest BCUT2D eigenvalue weighted by atomic mass is 10.0. The van der Waals surface area contributed by atoms with Crippen molar-refractivity contribution in [2.24, 2.45) is 10.2 Å². The molecule has 7 rings (SSSR count). The zero-order chi connectivity index (χ0) is 28.1. The SMILES string of the molecule is c1ccc(-c2ccc(C3=NN(c4ccc(-c5ccccc5)cc4)C[N+](c4ccc(-c5ccccc5)cc4)=N3)cc2)cc1. The maximum Gasteiger partial charge on any atom is 0.269 e. The van der Waals surface area contributed by atoms with Gasteiger partial charge < -0.3 is 0 Å². The van der Waals surface area contributed by atoms with Gasteiger partial charge in [-0.05, 0) is 57.6 Å². The molecule has 200 valence electrons. The summed E-state index contributed by atoms with van der Waals surface area (Å²) in [5, 5.41) is 12.0. The van der Waals surface area contributed by atoms with Crippen LogP contribution in [0.4, 0.5) is 11.4 Å². The summed E-state index contributed by atoms with van der Waals surface area (Å²) in [5.74, 6) is 0.667. The van der Waals surface area contributed by atoms with E-state index in [0.29, 0.717) is 12.5 Å². The molecule has 1 aliphatic rings. The lowest BCUT2D eigenvalue weighted by Crippen LogP contribution is -2.31. The summed E-state index contributed by atoms with van der Waals surface area (Å²) in [6.45, 7) is 0.501. The van der Waals surface area contributed by atoms with Crippen LogP contribution >= 0.6 is 0 Å². The second kappa shape index (κ2) is 11.5. The second-order valence-corrected chi connectivity index (χ2v) is 10.2. The minimum Gasteiger partial charge on any atom is -0.201 e. The van der Waals surface area contributed by atoms with Gasteiger partial charge in [-0.15, -0.1) is 5.10 Å². The van der Waals surface area contributed by atoms with Crippen LogP contribution in [0.2, 0.25) is 0 Å². The summed E-state index contributed by atoms with van der Waals surface area (Å²) in [5.41, 5.74) is 10.1. The summed E-state index contributed by atoms with van der Waals surface area (Å²) in [6.07, 6.45) is 0. The van der Waals surface area contributed by atoms with Crippen molar-refractivity contribution in [1.82, 2.24) is 0 Å². The first-order valence-electron chi connectivity index (χ1n) is 14.1. The fourth-order valence-corrected chi connectivity index (χ4v) is 5.19. The summed E-state index contributed by atoms with van der Waals surface area (Å²) in [4.78, 5) is 0. The molecule has 0 aromatic heterocycles. The quantitative estimate of drug-likeness (QED) is 0.193. The number of hydrazone groups is 1. The molecule has 0 unspecified atom stereocenters. The number of nitrogens with zero attached hydrogens (tertiary/aromatic N) is 4. The molecule has 0 aliphatic carbocycles. The third-order valence-electron chi connectivity index (χ3n) is 7.49. The number of hydrogen-bond acceptors (Lipinski definition) is 3. The van der Waals surface area contributed by atoms with Crippen LogP contribution in [0.25, 0.3) is 33.4 Å². The van der Waals surface area contributed by atoms with Gasteiger partial charge >= 0.3 is 0 Å². The van der Waals surface area contributed by atoms with Crippen molar-refractivity contribution in [1.29, 1.82) is 0 Å². The molecule has 1 heterocycles. The van der Waals surface area contributed by atoms with Crippen molar-refractivity contribution in [3.8, 4) is 33.4 Å². The summed E-state index contributed by atoms with van der Waals surface area (Å²) < 4.78 is 2.02. The number of hydrogen-bond donors (Lipinski definition) is 0. The van der Waals surface area contributed by atoms with Crippen molar-refractivity contribution >= 4 is 17.2 Å². The Morgan fingerprint density at radius 2 is 0.786 bits per heavy atom. The molecule has 0 atom stereocenters. The van der Waals surface area contributed by atoms with Gasteiger partial charge in [-0.1, -0.05) is 132 Å². The highest BCUT2D eigenvalue weighted by Gasteiger charge is 2.26. The van der Waals surface area contributed by atoms with E-state index in [9.17, 15) is 0 Å². The van der Waals surface area contributed by atoms with Crippen LogP contribution in [0.1, 0.15) is 5.56 Å². The molecule has 0 spiro atoms. The van der Waals surface area contributed by atoms with Crippen molar-refractivity contribution in [2.75, 3.05) is 11.7 Å². The fourth-order valence-electron chi connectivity index (χ4n) is 5.19. The Hall–Kier alpha value is -5.61. The molecule has 0 fully saturated rings. The van der Waals surface area contributed by atoms with E-state index in [1.54, 1.807) is 0 Å². The van der Waals surface area contributed by atoms with E-state index in [-0.39, 0.29) is 0 Å². The average molecular weight is 542 g/mol. The molecule has 0 amide bonds. The Bertz CT molecular complexity index is 1840. The molecule has 4 heteroatoms. The van der Waals surface area contributed by atoms with Crippen LogP contribution in [-0.2, 0) is 0 Å². The van der Waals surface area contributed by atoms with Gasteiger partial charge in [-0.25, -0.2) is 5.01 Å². The number of benzene rings is 6. The molecule has 0 saturated carbocycles. The van der Waals surface area contributed by atoms with Gasteiger partial charge in [0, 0.05) is 22.8 Å². The van der Waals surface area contributed by atoms with E-state index >= 15 is 0 Å². The Morgan fingerprint density at radius 3 is 1.26 bits per heavy atom. The molecule has 6 aromatic carbocycles. The fraction of sp³-hybridized carbons (Fsp3) is 0.0263. The van der Waals surface area contributed by atoms with E-state index < -0.39 is 0 Å². The molecule has 0 radical (unpaired) electrons. The predicted molar refractivity (Wildman–Crippen MR) is 172 cm³/mol. The van der Waals surface area contributed by atoms with Gasteiger partial charge in [0.1, 0.15) is 0 Å². The molecule has 0 saturated heterocycles. The van der Waals surface area contributed by atoms with Crippen molar-refractivity contribution in [3.63, 3.8) is 0 Å². The molecule has 0 bridgehead atoms. The van der Waals surface area contributed by atoms with Crippen LogP contribution in [0.3, 0.4) is 0 Å². The Morgan fingerprint density at radius 1 is 0.405 bits per heavy atom. The van der Waals surface area contributed by atoms with Gasteiger partial charge in [0.25, 0.3) is 6.67 Å². The summed E-state index contributed by atoms with van der Waals surface area (Å²) in [6, 6.07) is 56.9. The Labute approximate surface area is 246 Å². The molecule has 0 N–H and O–H groups in total. The van der Waals surface area contributed by atoms with E-state index in [1.807, 2.05) is 27.9 Å². The number of azo groups is 2. The van der Waals surface area contributed by atoms with Crippen LogP contribution in [0, 0.1) is 0 Å². The topological polar surface area (TPSA) is 31.0 Å². The minimum atomic E-state index is 0.501. The highest BCUT2D eigenvalue weighted by atomic mass is 15.6. The lowest BCUT2D eigenvalue weighted by molar-refractivity contribution is -0.508. The predicted octanol–water partition coefficient (Wildman–Crippen LogP) is 9.62. The van der Waals surface area contributed by atoms with Gasteiger partial charge in [-0.3, -0.25) is 0 Å². The van der Waals surface area contributed by atoms with E-state index in [1.165, 1.54) is 27.8 Å². The largest absolute Gasteiger partial charge is 0.269 e. The first-order valence-corrected chi connectivity index (χ1v) is 14.1. The lowest BCUT2D eigenvalue weighted by Gasteiger charge is -2.20. The first kappa shape index (κ1) is 25.4. The smallest absolute Gasteiger partial charge is 0.201 e. The normalized spacial score (nSPS) is 12.9. The van der Waals surface area contributed by atoms with Crippen molar-refractivity contribution in [2.45, 2.75) is 0 Å². The Balaban J connectivity index is 1.23. The van der Waals surface area contributed by atoms with Crippen LogP contribution < -0.4 is 5.01 Å². The molecule has 42 heavy (non-hydrogen) atoms. The second-order valence-electron chi connectivity index (χ2n) is 10.2. The van der Waals surface area contributed by atoms with Crippen molar-refractivity contribution < 1.29 is 4.70 Å². The zero-order valence-corrected chi connectivity index (χ0v) is 23.1. The number of anilines is 1. The highest BCUT2D eigenvalue weighted by Crippen LogP contribution is 2.28. The average Bonchev–Trinajstić information content (AvgIpc) is 3.09. The third-order valence-corrected chi connectivity index (χ3v) is 7.49. The van der Waals surface area contributed by atoms with Gasteiger partial charge in [-0.2, -0.15) is 0 Å². The first-order chi connectivity index (χ1) is 20.8. The van der Waals surface area contributed by atoms with Gasteiger partial charge in [0.2, 0.25) is 11.5 Å². The van der Waals surface area contributed by atoms with Gasteiger partial charge in [0.05, 0.1) is 5.69 Å². The third kappa shape index (κ3) is 5.38. The minimum absolute atomic E-state index is 0.501. The molecular weight excluding hydrogens is 512 g/mol. The standard InChI is InChI=1S/C38H29N4/c1-4-10-29(11-5-1)32-16-18-35(19-17-32)38-39-41(36-24-20-33(21-25-36)30-12-6-2-7-13-30)28-42(40-38)37-26-22-34(23-27-37)31-14-8-3-9-15-31/h1-27H,28H2/q+1. The molecule has 1 aliphatic heterocycles. The molecule has 4 nitrogen and oxygen atoms in total. The van der Waals surface area contributed by atoms with E-state index in [0.717, 1.165) is 22.5 Å². The van der Waals surface area contributed by atoms with Crippen LogP contribution in [-0.4, -0.2) is 17.2 Å². The highest BCUT2D eigenvalue weighted by molar-refractivity contribution is 6.00. The Kier molecular flexibility index (Phi) is 6.93. The zero-order valence-electron chi connectivity index (χ0n) is 23.1. The van der Waals surface area contributed by atoms with Gasteiger partial charge in [0.15, 0.2) is 0 Å². The van der Waals surface area contributed by atoms with E-state index in [2.05, 4.69) is 146 Å². The van der Waals surface area contributed by atoms with Crippen molar-refractivity contribution in [3.05, 3.63) is 169 Å².